The van der Waals surface area contributed by atoms with Gasteiger partial charge in [-0.15, -0.1) is 13.2 Å². The Kier molecular flexibility index (Phi) is 7.65. The first-order valence-electron chi connectivity index (χ1n) is 8.84. The molecule has 0 spiro atoms. The maximum Gasteiger partial charge on any atom is 0.274 e. The van der Waals surface area contributed by atoms with Crippen molar-refractivity contribution in [2.45, 2.75) is 25.4 Å². The number of carbonyl (C=O) groups is 1. The summed E-state index contributed by atoms with van der Waals surface area (Å²) in [5.74, 6) is 0.327. The van der Waals surface area contributed by atoms with Crippen LogP contribution in [0, 0.1) is 0 Å². The molecule has 3 N–H and O–H groups in total. The van der Waals surface area contributed by atoms with Crippen LogP contribution in [0.3, 0.4) is 0 Å². The smallest absolute Gasteiger partial charge is 0.274 e. The highest BCUT2D eigenvalue weighted by atomic mass is 16.5. The molecule has 0 radical (unpaired) electrons. The fraction of sp³-hybridized carbons (Fsp3) is 0.300. The van der Waals surface area contributed by atoms with E-state index in [1.165, 1.54) is 18.5 Å². The van der Waals surface area contributed by atoms with E-state index in [4.69, 9.17) is 4.74 Å². The monoisotopic (exact) mass is 383 g/mol. The number of hydrogen-bond donors (Lipinski definition) is 3. The van der Waals surface area contributed by atoms with E-state index in [-0.39, 0.29) is 18.2 Å². The topological polar surface area (TPSA) is 109 Å². The van der Waals surface area contributed by atoms with Crippen molar-refractivity contribution >= 4 is 17.5 Å². The van der Waals surface area contributed by atoms with E-state index < -0.39 is 11.5 Å². The summed E-state index contributed by atoms with van der Waals surface area (Å²) in [5.41, 5.74) is -0.378. The van der Waals surface area contributed by atoms with Crippen molar-refractivity contribution in [1.29, 1.82) is 0 Å². The van der Waals surface area contributed by atoms with Gasteiger partial charge in [-0.3, -0.25) is 9.78 Å². The molecule has 1 amide bonds. The summed E-state index contributed by atoms with van der Waals surface area (Å²) in [4.78, 5) is 24.8. The number of nitrogens with zero attached hydrogens (tertiary/aromatic N) is 3. The quantitative estimate of drug-likeness (QED) is 0.404. The fourth-order valence-electron chi connectivity index (χ4n) is 2.26. The van der Waals surface area contributed by atoms with Gasteiger partial charge in [0.05, 0.1) is 18.4 Å². The van der Waals surface area contributed by atoms with Gasteiger partial charge in [-0.1, -0.05) is 12.2 Å². The summed E-state index contributed by atoms with van der Waals surface area (Å²) in [6.45, 7) is 9.60. The van der Waals surface area contributed by atoms with Crippen molar-refractivity contribution in [1.82, 2.24) is 15.0 Å². The first-order chi connectivity index (χ1) is 13.4. The molecule has 2 heterocycles. The van der Waals surface area contributed by atoms with Gasteiger partial charge in [0.15, 0.2) is 0 Å². The minimum absolute atomic E-state index is 0.168. The van der Waals surface area contributed by atoms with E-state index in [2.05, 4.69) is 38.7 Å². The molecule has 0 saturated heterocycles. The van der Waals surface area contributed by atoms with E-state index in [0.717, 1.165) is 0 Å². The maximum absolute atomic E-state index is 12.6. The third-order valence-electron chi connectivity index (χ3n) is 3.71. The highest BCUT2D eigenvalue weighted by Gasteiger charge is 2.19. The van der Waals surface area contributed by atoms with E-state index in [9.17, 15) is 9.90 Å². The zero-order valence-electron chi connectivity index (χ0n) is 15.9. The van der Waals surface area contributed by atoms with Crippen LogP contribution in [0.2, 0.25) is 0 Å². The van der Waals surface area contributed by atoms with Gasteiger partial charge in [0.1, 0.15) is 17.1 Å². The number of nitrogens with one attached hydrogen (secondary N) is 2. The molecule has 0 fully saturated rings. The van der Waals surface area contributed by atoms with E-state index in [1.807, 2.05) is 0 Å². The van der Waals surface area contributed by atoms with Crippen molar-refractivity contribution in [2.24, 2.45) is 0 Å². The molecular weight excluding hydrogens is 358 g/mol. The van der Waals surface area contributed by atoms with Crippen LogP contribution in [0.1, 0.15) is 30.3 Å². The Morgan fingerprint density at radius 1 is 1.32 bits per heavy atom. The number of rotatable bonds is 11. The van der Waals surface area contributed by atoms with Gasteiger partial charge in [-0.25, -0.2) is 9.97 Å². The van der Waals surface area contributed by atoms with Crippen molar-refractivity contribution in [3.05, 3.63) is 61.7 Å². The number of ether oxygens (including phenoxy) is 1. The molecule has 0 bridgehead atoms. The largest absolute Gasteiger partial charge is 0.491 e. The van der Waals surface area contributed by atoms with Crippen molar-refractivity contribution in [2.75, 3.05) is 23.8 Å². The number of aliphatic hydroxyl groups is 1. The summed E-state index contributed by atoms with van der Waals surface area (Å²) >= 11 is 0. The molecule has 0 aliphatic carbocycles. The van der Waals surface area contributed by atoms with Crippen molar-refractivity contribution < 1.29 is 14.6 Å². The van der Waals surface area contributed by atoms with Crippen LogP contribution in [-0.2, 0) is 0 Å². The lowest BCUT2D eigenvalue weighted by Gasteiger charge is -2.21. The van der Waals surface area contributed by atoms with Gasteiger partial charge in [0.2, 0.25) is 5.95 Å². The highest BCUT2D eigenvalue weighted by molar-refractivity contribution is 6.03. The van der Waals surface area contributed by atoms with Crippen LogP contribution in [0.5, 0.6) is 5.75 Å². The van der Waals surface area contributed by atoms with Crippen LogP contribution in [0.4, 0.5) is 11.6 Å². The Morgan fingerprint density at radius 3 is 2.89 bits per heavy atom. The molecule has 0 aliphatic heterocycles. The maximum atomic E-state index is 12.6. The average Bonchev–Trinajstić information content (AvgIpc) is 2.68. The van der Waals surface area contributed by atoms with E-state index >= 15 is 0 Å². The summed E-state index contributed by atoms with van der Waals surface area (Å²) in [7, 11) is 0. The second-order valence-corrected chi connectivity index (χ2v) is 6.36. The van der Waals surface area contributed by atoms with Gasteiger partial charge in [-0.2, -0.15) is 0 Å². The first kappa shape index (κ1) is 21.0. The Balaban J connectivity index is 2.05. The predicted molar refractivity (Wildman–Crippen MR) is 108 cm³/mol. The average molecular weight is 383 g/mol. The second-order valence-electron chi connectivity index (χ2n) is 6.36. The standard InChI is InChI=1S/C20H25N5O3/c1-4-6-12-28-17-8-10-21-13-16(17)24-18(26)15-7-11-22-19(25-15)23-14-20(3,27)9-5-2/h4-5,7-8,10-11,13,27H,1-2,6,9,12,14H2,3H3,(H,24,26)(H,22,23,25). The number of anilines is 2. The van der Waals surface area contributed by atoms with Gasteiger partial charge in [0.25, 0.3) is 5.91 Å². The highest BCUT2D eigenvalue weighted by Crippen LogP contribution is 2.23. The molecule has 148 valence electrons. The van der Waals surface area contributed by atoms with Gasteiger partial charge in [-0.05, 0) is 25.8 Å². The number of pyridine rings is 1. The van der Waals surface area contributed by atoms with Crippen molar-refractivity contribution in [3.63, 3.8) is 0 Å². The zero-order chi connectivity index (χ0) is 20.4. The minimum Gasteiger partial charge on any atom is -0.491 e. The molecule has 2 aromatic rings. The van der Waals surface area contributed by atoms with Crippen LogP contribution in [0.15, 0.2) is 56.0 Å². The molecule has 8 heteroatoms. The van der Waals surface area contributed by atoms with Crippen molar-refractivity contribution in [3.8, 4) is 5.75 Å². The SMILES string of the molecule is C=CCCOc1ccncc1NC(=O)c1ccnc(NCC(C)(O)CC=C)n1. The fourth-order valence-corrected chi connectivity index (χ4v) is 2.26. The Morgan fingerprint density at radius 2 is 2.14 bits per heavy atom. The normalized spacial score (nSPS) is 12.5. The number of aromatic nitrogens is 3. The van der Waals surface area contributed by atoms with Crippen LogP contribution in [-0.4, -0.2) is 44.7 Å². The molecule has 0 saturated carbocycles. The van der Waals surface area contributed by atoms with E-state index in [0.29, 0.717) is 30.9 Å². The number of hydrogen-bond acceptors (Lipinski definition) is 7. The van der Waals surface area contributed by atoms with Crippen LogP contribution < -0.4 is 15.4 Å². The molecule has 0 aliphatic rings. The Hall–Kier alpha value is -3.26. The third kappa shape index (κ3) is 6.48. The van der Waals surface area contributed by atoms with Gasteiger partial charge >= 0.3 is 0 Å². The Bertz CT molecular complexity index is 823. The minimum atomic E-state index is -0.989. The molecule has 1 unspecified atom stereocenters. The molecular formula is C20H25N5O3. The molecule has 1 atom stereocenters. The van der Waals surface area contributed by atoms with Gasteiger partial charge in [0, 0.05) is 25.0 Å². The summed E-state index contributed by atoms with van der Waals surface area (Å²) in [6.07, 6.45) is 9.05. The van der Waals surface area contributed by atoms with Crippen LogP contribution in [0.25, 0.3) is 0 Å². The lowest BCUT2D eigenvalue weighted by atomic mass is 10.0. The summed E-state index contributed by atoms with van der Waals surface area (Å²) < 4.78 is 5.63. The first-order valence-corrected chi connectivity index (χ1v) is 8.84. The zero-order valence-corrected chi connectivity index (χ0v) is 15.9. The molecule has 28 heavy (non-hydrogen) atoms. The van der Waals surface area contributed by atoms with Gasteiger partial charge < -0.3 is 20.5 Å². The lowest BCUT2D eigenvalue weighted by Crippen LogP contribution is -2.33. The predicted octanol–water partition coefficient (Wildman–Crippen LogP) is 2.82. The van der Waals surface area contributed by atoms with E-state index in [1.54, 1.807) is 31.3 Å². The molecule has 0 aromatic carbocycles. The number of amides is 1. The third-order valence-corrected chi connectivity index (χ3v) is 3.71. The lowest BCUT2D eigenvalue weighted by molar-refractivity contribution is 0.0769. The number of carbonyl (C=O) groups excluding carboxylic acids is 1. The molecule has 2 rings (SSSR count). The summed E-state index contributed by atoms with van der Waals surface area (Å²) in [5, 5.41) is 15.8. The van der Waals surface area contributed by atoms with Crippen LogP contribution >= 0.6 is 0 Å². The molecule has 8 nitrogen and oxygen atoms in total. The Labute approximate surface area is 164 Å². The summed E-state index contributed by atoms with van der Waals surface area (Å²) in [6, 6.07) is 3.17. The second kappa shape index (κ2) is 10.2. The molecule has 2 aromatic heterocycles.